The monoisotopic (exact) mass is 436 g/mol. The fourth-order valence-corrected chi connectivity index (χ4v) is 5.25. The van der Waals surface area contributed by atoms with E-state index in [1.807, 2.05) is 41.3 Å². The largest absolute Gasteiger partial charge is 0.493 e. The van der Waals surface area contributed by atoms with E-state index in [-0.39, 0.29) is 11.9 Å². The highest BCUT2D eigenvalue weighted by Gasteiger charge is 2.29. The van der Waals surface area contributed by atoms with E-state index in [0.29, 0.717) is 30.5 Å². The highest BCUT2D eigenvalue weighted by Crippen LogP contribution is 2.41. The molecule has 1 amide bonds. The van der Waals surface area contributed by atoms with Gasteiger partial charge in [0, 0.05) is 12.6 Å². The lowest BCUT2D eigenvalue weighted by Gasteiger charge is -2.33. The number of methoxy groups -OCH3 is 1. The maximum Gasteiger partial charge on any atom is 0.247 e. The van der Waals surface area contributed by atoms with Crippen molar-refractivity contribution in [1.29, 1.82) is 0 Å². The Hall–Kier alpha value is -3.06. The SMILES string of the molecule is COc1cc(C=CC(=O)N2CCCCC2c2nc3ccccc3s2)cc2c1OCCO2. The predicted octanol–water partition coefficient (Wildman–Crippen LogP) is 4.84. The Bertz CT molecular complexity index is 1090. The van der Waals surface area contributed by atoms with Crippen LogP contribution in [0.5, 0.6) is 17.2 Å². The van der Waals surface area contributed by atoms with Crippen LogP contribution < -0.4 is 14.2 Å². The second-order valence-corrected chi connectivity index (χ2v) is 8.71. The Labute approximate surface area is 185 Å². The summed E-state index contributed by atoms with van der Waals surface area (Å²) in [6.07, 6.45) is 6.51. The summed E-state index contributed by atoms with van der Waals surface area (Å²) >= 11 is 1.68. The number of benzene rings is 2. The average Bonchev–Trinajstić information content (AvgIpc) is 3.26. The van der Waals surface area contributed by atoms with Crippen molar-refractivity contribution in [2.75, 3.05) is 26.9 Å². The molecule has 0 N–H and O–H groups in total. The molecular weight excluding hydrogens is 412 g/mol. The maximum atomic E-state index is 13.1. The first kappa shape index (κ1) is 19.9. The lowest BCUT2D eigenvalue weighted by atomic mass is 10.0. The topological polar surface area (TPSA) is 60.9 Å². The molecule has 0 radical (unpaired) electrons. The van der Waals surface area contributed by atoms with Gasteiger partial charge in [-0.05, 0) is 55.2 Å². The standard InChI is InChI=1S/C24H24N2O4S/c1-28-19-14-16(15-20-23(19)30-13-12-29-20)9-10-22(27)26-11-5-4-7-18(26)24-25-17-6-2-3-8-21(17)31-24/h2-3,6,8-10,14-15,18H,4-5,7,11-13H2,1H3. The fourth-order valence-electron chi connectivity index (χ4n) is 4.14. The van der Waals surface area contributed by atoms with Gasteiger partial charge in [0.25, 0.3) is 0 Å². The van der Waals surface area contributed by atoms with Crippen LogP contribution in [0.25, 0.3) is 16.3 Å². The van der Waals surface area contributed by atoms with Gasteiger partial charge in [0.2, 0.25) is 11.7 Å². The van der Waals surface area contributed by atoms with Crippen LogP contribution in [0, 0.1) is 0 Å². The number of rotatable bonds is 4. The Kier molecular flexibility index (Phi) is 5.51. The number of piperidine rings is 1. The van der Waals surface area contributed by atoms with Crippen molar-refractivity contribution in [1.82, 2.24) is 9.88 Å². The second kappa shape index (κ2) is 8.59. The Morgan fingerprint density at radius 1 is 1.23 bits per heavy atom. The van der Waals surface area contributed by atoms with Crippen LogP contribution in [0.15, 0.2) is 42.5 Å². The first-order chi connectivity index (χ1) is 15.2. The summed E-state index contributed by atoms with van der Waals surface area (Å²) in [5.41, 5.74) is 1.84. The predicted molar refractivity (Wildman–Crippen MR) is 121 cm³/mol. The van der Waals surface area contributed by atoms with Gasteiger partial charge < -0.3 is 19.1 Å². The lowest BCUT2D eigenvalue weighted by molar-refractivity contribution is -0.129. The lowest BCUT2D eigenvalue weighted by Crippen LogP contribution is -2.37. The van der Waals surface area contributed by atoms with Gasteiger partial charge in [-0.15, -0.1) is 11.3 Å². The van der Waals surface area contributed by atoms with E-state index in [2.05, 4.69) is 6.07 Å². The number of thiazole rings is 1. The summed E-state index contributed by atoms with van der Waals surface area (Å²) in [7, 11) is 1.60. The average molecular weight is 437 g/mol. The molecule has 1 atom stereocenters. The molecule has 1 aromatic heterocycles. The van der Waals surface area contributed by atoms with Crippen molar-refractivity contribution in [2.45, 2.75) is 25.3 Å². The van der Waals surface area contributed by atoms with E-state index < -0.39 is 0 Å². The summed E-state index contributed by atoms with van der Waals surface area (Å²) in [5.74, 6) is 1.86. The minimum atomic E-state index is -0.00203. The van der Waals surface area contributed by atoms with Crippen LogP contribution in [0.4, 0.5) is 0 Å². The third kappa shape index (κ3) is 3.97. The molecule has 1 unspecified atom stereocenters. The number of para-hydroxylation sites is 1. The zero-order chi connectivity index (χ0) is 21.2. The molecule has 2 aliphatic rings. The number of aromatic nitrogens is 1. The van der Waals surface area contributed by atoms with Gasteiger partial charge in [-0.2, -0.15) is 0 Å². The summed E-state index contributed by atoms with van der Waals surface area (Å²) in [6.45, 7) is 1.74. The second-order valence-electron chi connectivity index (χ2n) is 7.64. The maximum absolute atomic E-state index is 13.1. The Balaban J connectivity index is 1.39. The van der Waals surface area contributed by atoms with E-state index in [4.69, 9.17) is 19.2 Å². The molecule has 2 aromatic carbocycles. The van der Waals surface area contributed by atoms with Gasteiger partial charge >= 0.3 is 0 Å². The number of likely N-dealkylation sites (tertiary alicyclic amines) is 1. The van der Waals surface area contributed by atoms with Crippen molar-refractivity contribution < 1.29 is 19.0 Å². The van der Waals surface area contributed by atoms with Crippen LogP contribution in [0.3, 0.4) is 0 Å². The quantitative estimate of drug-likeness (QED) is 0.548. The van der Waals surface area contributed by atoms with Crippen molar-refractivity contribution in [3.63, 3.8) is 0 Å². The van der Waals surface area contributed by atoms with Crippen LogP contribution >= 0.6 is 11.3 Å². The van der Waals surface area contributed by atoms with E-state index in [9.17, 15) is 4.79 Å². The van der Waals surface area contributed by atoms with Gasteiger partial charge in [0.1, 0.15) is 18.2 Å². The van der Waals surface area contributed by atoms with Crippen molar-refractivity contribution in [2.24, 2.45) is 0 Å². The van der Waals surface area contributed by atoms with Crippen LogP contribution in [0.1, 0.15) is 35.9 Å². The van der Waals surface area contributed by atoms with Gasteiger partial charge in [0.05, 0.1) is 23.4 Å². The molecule has 0 saturated carbocycles. The molecule has 1 fully saturated rings. The number of carbonyl (C=O) groups is 1. The highest BCUT2D eigenvalue weighted by molar-refractivity contribution is 7.18. The first-order valence-corrected chi connectivity index (χ1v) is 11.4. The summed E-state index contributed by atoms with van der Waals surface area (Å²) in [6, 6.07) is 11.9. The third-order valence-corrected chi connectivity index (χ3v) is 6.79. The van der Waals surface area contributed by atoms with Crippen LogP contribution in [-0.2, 0) is 4.79 Å². The highest BCUT2D eigenvalue weighted by atomic mass is 32.1. The molecule has 3 heterocycles. The van der Waals surface area contributed by atoms with Gasteiger partial charge in [-0.25, -0.2) is 4.98 Å². The molecule has 2 aliphatic heterocycles. The number of hydrogen-bond acceptors (Lipinski definition) is 6. The molecule has 3 aromatic rings. The van der Waals surface area contributed by atoms with Crippen LogP contribution in [0.2, 0.25) is 0 Å². The fraction of sp³-hybridized carbons (Fsp3) is 0.333. The number of ether oxygens (including phenoxy) is 3. The summed E-state index contributed by atoms with van der Waals surface area (Å²) in [4.78, 5) is 19.9. The minimum absolute atomic E-state index is 0.00203. The van der Waals surface area contributed by atoms with Crippen LogP contribution in [-0.4, -0.2) is 42.7 Å². The normalized spacial score (nSPS) is 18.5. The van der Waals surface area contributed by atoms with Gasteiger partial charge in [-0.3, -0.25) is 4.79 Å². The first-order valence-electron chi connectivity index (χ1n) is 10.5. The molecule has 7 heteroatoms. The zero-order valence-corrected chi connectivity index (χ0v) is 18.2. The number of amides is 1. The third-order valence-electron chi connectivity index (χ3n) is 5.65. The molecular formula is C24H24N2O4S. The molecule has 1 saturated heterocycles. The van der Waals surface area contributed by atoms with Crippen molar-refractivity contribution >= 4 is 33.5 Å². The smallest absolute Gasteiger partial charge is 0.247 e. The van der Waals surface area contributed by atoms with E-state index >= 15 is 0 Å². The molecule has 5 rings (SSSR count). The van der Waals surface area contributed by atoms with Gasteiger partial charge in [0.15, 0.2) is 11.5 Å². The van der Waals surface area contributed by atoms with E-state index in [0.717, 1.165) is 46.6 Å². The van der Waals surface area contributed by atoms with E-state index in [1.54, 1.807) is 24.5 Å². The summed E-state index contributed by atoms with van der Waals surface area (Å²) in [5, 5.41) is 1.02. The molecule has 0 bridgehead atoms. The van der Waals surface area contributed by atoms with Gasteiger partial charge in [-0.1, -0.05) is 12.1 Å². The zero-order valence-electron chi connectivity index (χ0n) is 17.4. The molecule has 6 nitrogen and oxygen atoms in total. The Morgan fingerprint density at radius 3 is 2.97 bits per heavy atom. The number of fused-ring (bicyclic) bond motifs is 2. The minimum Gasteiger partial charge on any atom is -0.493 e. The molecule has 31 heavy (non-hydrogen) atoms. The van der Waals surface area contributed by atoms with E-state index in [1.165, 1.54) is 0 Å². The van der Waals surface area contributed by atoms with Crippen molar-refractivity contribution in [3.05, 3.63) is 53.0 Å². The number of carbonyl (C=O) groups excluding carboxylic acids is 1. The summed E-state index contributed by atoms with van der Waals surface area (Å²) < 4.78 is 17.9. The number of nitrogens with zero attached hydrogens (tertiary/aromatic N) is 2. The molecule has 0 aliphatic carbocycles. The Morgan fingerprint density at radius 2 is 2.10 bits per heavy atom. The molecule has 160 valence electrons. The number of hydrogen-bond donors (Lipinski definition) is 0. The molecule has 0 spiro atoms. The van der Waals surface area contributed by atoms with Crippen molar-refractivity contribution in [3.8, 4) is 17.2 Å².